The lowest BCUT2D eigenvalue weighted by Gasteiger charge is -2.35. The average Bonchev–Trinajstić information content (AvgIpc) is 3.05. The van der Waals surface area contributed by atoms with E-state index in [0.717, 1.165) is 62.1 Å². The van der Waals surface area contributed by atoms with Crippen molar-refractivity contribution in [3.05, 3.63) is 36.3 Å². The van der Waals surface area contributed by atoms with Crippen molar-refractivity contribution in [2.24, 2.45) is 0 Å². The molecule has 2 fully saturated rings. The van der Waals surface area contributed by atoms with Gasteiger partial charge in [0.1, 0.15) is 5.65 Å². The van der Waals surface area contributed by atoms with Crippen LogP contribution in [0.15, 0.2) is 30.6 Å². The van der Waals surface area contributed by atoms with Crippen LogP contribution in [0.3, 0.4) is 0 Å². The van der Waals surface area contributed by atoms with Gasteiger partial charge in [0, 0.05) is 75.6 Å². The summed E-state index contributed by atoms with van der Waals surface area (Å²) >= 11 is 1.94. The lowest BCUT2D eigenvalue weighted by molar-refractivity contribution is -0.133. The van der Waals surface area contributed by atoms with Crippen LogP contribution in [0.5, 0.6) is 0 Å². The Kier molecular flexibility index (Phi) is 5.24. The highest BCUT2D eigenvalue weighted by Gasteiger charge is 2.24. The predicted molar refractivity (Wildman–Crippen MR) is 101 cm³/mol. The highest BCUT2D eigenvalue weighted by molar-refractivity contribution is 7.99. The lowest BCUT2D eigenvalue weighted by atomic mass is 10.2. The molecule has 2 aromatic heterocycles. The topological polar surface area (TPSA) is 52.9 Å². The Hall–Kier alpha value is -1.57. The number of amides is 1. The van der Waals surface area contributed by atoms with E-state index in [-0.39, 0.29) is 0 Å². The van der Waals surface area contributed by atoms with Crippen LogP contribution in [0.25, 0.3) is 5.65 Å². The van der Waals surface area contributed by atoms with E-state index in [0.29, 0.717) is 18.4 Å². The molecule has 1 N–H and O–H groups in total. The molecule has 0 saturated carbocycles. The molecular weight excluding hydrogens is 334 g/mol. The zero-order valence-electron chi connectivity index (χ0n) is 14.4. The number of aromatic nitrogens is 2. The number of carbonyl (C=O) groups is 1. The van der Waals surface area contributed by atoms with E-state index in [1.165, 1.54) is 0 Å². The minimum Gasteiger partial charge on any atom is -0.340 e. The Morgan fingerprint density at radius 2 is 2.16 bits per heavy atom. The molecule has 0 aliphatic carbocycles. The third-order valence-corrected chi connectivity index (χ3v) is 6.07. The molecule has 2 saturated heterocycles. The third-order valence-electron chi connectivity index (χ3n) is 4.94. The monoisotopic (exact) mass is 359 g/mol. The molecule has 7 heteroatoms. The van der Waals surface area contributed by atoms with Gasteiger partial charge in [-0.15, -0.1) is 0 Å². The van der Waals surface area contributed by atoms with Crippen molar-refractivity contribution in [3.8, 4) is 0 Å². The van der Waals surface area contributed by atoms with Gasteiger partial charge in [0.05, 0.1) is 5.69 Å². The summed E-state index contributed by atoms with van der Waals surface area (Å²) in [7, 11) is 0. The summed E-state index contributed by atoms with van der Waals surface area (Å²) in [5, 5.41) is 3.45. The standard InChI is InChI=1S/C18H25N5OS/c24-18(11-15-14-25-10-4-19-15)22-8-6-21(7-9-22)12-16-13-23-5-2-1-3-17(23)20-16/h1-3,5,13,15,19H,4,6-12,14H2. The number of hydrogen-bond donors (Lipinski definition) is 1. The number of fused-ring (bicyclic) bond motifs is 1. The number of pyridine rings is 1. The largest absolute Gasteiger partial charge is 0.340 e. The summed E-state index contributed by atoms with van der Waals surface area (Å²) in [6.07, 6.45) is 4.76. The zero-order chi connectivity index (χ0) is 17.1. The van der Waals surface area contributed by atoms with Crippen LogP contribution >= 0.6 is 11.8 Å². The van der Waals surface area contributed by atoms with E-state index >= 15 is 0 Å². The summed E-state index contributed by atoms with van der Waals surface area (Å²) < 4.78 is 2.06. The Morgan fingerprint density at radius 1 is 1.28 bits per heavy atom. The van der Waals surface area contributed by atoms with Crippen LogP contribution in [0, 0.1) is 0 Å². The first-order valence-electron chi connectivity index (χ1n) is 9.02. The molecule has 4 heterocycles. The summed E-state index contributed by atoms with van der Waals surface area (Å²) in [4.78, 5) is 21.6. The number of imidazole rings is 1. The Morgan fingerprint density at radius 3 is 2.92 bits per heavy atom. The first-order valence-corrected chi connectivity index (χ1v) is 10.2. The molecule has 1 amide bonds. The first-order chi connectivity index (χ1) is 12.3. The lowest BCUT2D eigenvalue weighted by Crippen LogP contribution is -2.50. The molecule has 134 valence electrons. The molecule has 4 rings (SSSR count). The summed E-state index contributed by atoms with van der Waals surface area (Å²) in [5.41, 5.74) is 2.08. The number of nitrogens with one attached hydrogen (secondary N) is 1. The maximum atomic E-state index is 12.5. The van der Waals surface area contributed by atoms with E-state index in [2.05, 4.69) is 25.8 Å². The molecule has 2 aliphatic rings. The number of piperazine rings is 1. The number of nitrogens with zero attached hydrogens (tertiary/aromatic N) is 4. The van der Waals surface area contributed by atoms with Gasteiger partial charge in [0.2, 0.25) is 5.91 Å². The van der Waals surface area contributed by atoms with E-state index in [1.807, 2.05) is 41.1 Å². The average molecular weight is 359 g/mol. The van der Waals surface area contributed by atoms with Gasteiger partial charge in [-0.25, -0.2) is 4.98 Å². The number of carbonyl (C=O) groups excluding carboxylic acids is 1. The fourth-order valence-corrected chi connectivity index (χ4v) is 4.49. The molecule has 6 nitrogen and oxygen atoms in total. The predicted octanol–water partition coefficient (Wildman–Crippen LogP) is 1.07. The van der Waals surface area contributed by atoms with Crippen LogP contribution in [-0.2, 0) is 11.3 Å². The van der Waals surface area contributed by atoms with E-state index < -0.39 is 0 Å². The van der Waals surface area contributed by atoms with Crippen molar-refractivity contribution in [1.82, 2.24) is 24.5 Å². The van der Waals surface area contributed by atoms with Gasteiger partial charge in [-0.2, -0.15) is 11.8 Å². The van der Waals surface area contributed by atoms with Crippen molar-refractivity contribution < 1.29 is 4.79 Å². The van der Waals surface area contributed by atoms with E-state index in [4.69, 9.17) is 0 Å². The minimum atomic E-state index is 0.299. The molecular formula is C18H25N5OS. The van der Waals surface area contributed by atoms with Gasteiger partial charge in [-0.05, 0) is 12.1 Å². The van der Waals surface area contributed by atoms with Gasteiger partial charge >= 0.3 is 0 Å². The summed E-state index contributed by atoms with van der Waals surface area (Å²) in [6, 6.07) is 6.40. The second kappa shape index (κ2) is 7.76. The van der Waals surface area contributed by atoms with E-state index in [1.54, 1.807) is 0 Å². The fraction of sp³-hybridized carbons (Fsp3) is 0.556. The fourth-order valence-electron chi connectivity index (χ4n) is 3.54. The van der Waals surface area contributed by atoms with Crippen molar-refractivity contribution in [3.63, 3.8) is 0 Å². The Labute approximate surface area is 152 Å². The van der Waals surface area contributed by atoms with Gasteiger partial charge in [-0.1, -0.05) is 6.07 Å². The van der Waals surface area contributed by atoms with Gasteiger partial charge in [0.25, 0.3) is 0 Å². The highest BCUT2D eigenvalue weighted by atomic mass is 32.2. The van der Waals surface area contributed by atoms with Gasteiger partial charge < -0.3 is 14.6 Å². The number of hydrogen-bond acceptors (Lipinski definition) is 5. The van der Waals surface area contributed by atoms with Crippen LogP contribution < -0.4 is 5.32 Å². The molecule has 1 unspecified atom stereocenters. The maximum absolute atomic E-state index is 12.5. The van der Waals surface area contributed by atoms with Crippen molar-refractivity contribution in [2.45, 2.75) is 19.0 Å². The van der Waals surface area contributed by atoms with Crippen LogP contribution in [0.1, 0.15) is 12.1 Å². The van der Waals surface area contributed by atoms with Gasteiger partial charge in [-0.3, -0.25) is 9.69 Å². The molecule has 0 aromatic carbocycles. The first kappa shape index (κ1) is 16.9. The van der Waals surface area contributed by atoms with Gasteiger partial charge in [0.15, 0.2) is 0 Å². The van der Waals surface area contributed by atoms with Crippen molar-refractivity contribution in [1.29, 1.82) is 0 Å². The van der Waals surface area contributed by atoms with Crippen LogP contribution in [0.2, 0.25) is 0 Å². The number of thioether (sulfide) groups is 1. The molecule has 25 heavy (non-hydrogen) atoms. The van der Waals surface area contributed by atoms with Crippen molar-refractivity contribution in [2.75, 3.05) is 44.2 Å². The number of rotatable bonds is 4. The maximum Gasteiger partial charge on any atom is 0.224 e. The summed E-state index contributed by atoms with van der Waals surface area (Å²) in [5.74, 6) is 2.51. The second-order valence-corrected chi connectivity index (χ2v) is 7.94. The smallest absolute Gasteiger partial charge is 0.224 e. The van der Waals surface area contributed by atoms with Crippen molar-refractivity contribution >= 4 is 23.3 Å². The second-order valence-electron chi connectivity index (χ2n) is 6.79. The molecule has 0 bridgehead atoms. The molecule has 0 radical (unpaired) electrons. The van der Waals surface area contributed by atoms with E-state index in [9.17, 15) is 4.79 Å². The SMILES string of the molecule is O=C(CC1CSCCN1)N1CCN(Cc2cn3ccccc3n2)CC1. The molecule has 0 spiro atoms. The normalized spacial score (nSPS) is 22.4. The minimum absolute atomic E-state index is 0.299. The quantitative estimate of drug-likeness (QED) is 0.885. The zero-order valence-corrected chi connectivity index (χ0v) is 15.2. The Balaban J connectivity index is 1.26. The van der Waals surface area contributed by atoms with Crippen LogP contribution in [0.4, 0.5) is 0 Å². The molecule has 1 atom stereocenters. The summed E-state index contributed by atoms with van der Waals surface area (Å²) in [6.45, 7) is 5.37. The highest BCUT2D eigenvalue weighted by Crippen LogP contribution is 2.14. The van der Waals surface area contributed by atoms with Crippen LogP contribution in [-0.4, -0.2) is 75.4 Å². The molecule has 2 aliphatic heterocycles. The third kappa shape index (κ3) is 4.16. The Bertz CT molecular complexity index is 686. The molecule has 2 aromatic rings.